The van der Waals surface area contributed by atoms with Crippen molar-refractivity contribution in [2.45, 2.75) is 107 Å². The lowest BCUT2D eigenvalue weighted by atomic mass is 9.90. The quantitative estimate of drug-likeness (QED) is 0.0454. The maximum atomic E-state index is 15.2. The molecule has 13 nitrogen and oxygen atoms in total. The summed E-state index contributed by atoms with van der Waals surface area (Å²) in [6.45, 7) is 0.840. The molecule has 0 unspecified atom stereocenters. The molecule has 2 heterocycles. The zero-order chi connectivity index (χ0) is 52.9. The number of methoxy groups -OCH3 is 2. The highest BCUT2D eigenvalue weighted by atomic mass is 16.8. The summed E-state index contributed by atoms with van der Waals surface area (Å²) in [6, 6.07) is 68.6. The SMILES string of the molecule is COC(=O)[C@]1(OC[C@H]2O[C@H](OC)[C@H](OCc3ccccc3)[C@@H](OCc3ccccc3)[C@@H]2OCc2ccccc2)O[C@H](COCc2ccccc2)[C@@H](OCc2ccccc2)[C@H](OCc2ccccc2)[C@H]1OCc1ccccc1. The van der Waals surface area contributed by atoms with E-state index in [4.69, 9.17) is 56.8 Å². The minimum atomic E-state index is -2.34. The number of carbonyl (C=O) groups is 1. The first kappa shape index (κ1) is 55.3. The fourth-order valence-electron chi connectivity index (χ4n) is 9.59. The van der Waals surface area contributed by atoms with E-state index in [1.165, 1.54) is 7.11 Å². The van der Waals surface area contributed by atoms with Crippen molar-refractivity contribution in [2.75, 3.05) is 27.4 Å². The summed E-state index contributed by atoms with van der Waals surface area (Å²) in [7, 11) is 2.84. The summed E-state index contributed by atoms with van der Waals surface area (Å²) in [5.74, 6) is -3.21. The minimum Gasteiger partial charge on any atom is -0.465 e. The molecule has 0 bridgehead atoms. The largest absolute Gasteiger partial charge is 0.465 e. The van der Waals surface area contributed by atoms with Gasteiger partial charge in [0.1, 0.15) is 42.7 Å². The lowest BCUT2D eigenvalue weighted by Gasteiger charge is -2.51. The van der Waals surface area contributed by atoms with Crippen LogP contribution in [-0.4, -0.2) is 94.3 Å². The topological polar surface area (TPSA) is 128 Å². The van der Waals surface area contributed by atoms with Gasteiger partial charge in [0.05, 0.1) is 66.6 Å². The Bertz CT molecular complexity index is 2750. The van der Waals surface area contributed by atoms with Crippen molar-refractivity contribution in [1.29, 1.82) is 0 Å². The Labute approximate surface area is 451 Å². The van der Waals surface area contributed by atoms with E-state index >= 15 is 4.79 Å². The maximum Gasteiger partial charge on any atom is 0.369 e. The molecule has 0 aromatic heterocycles. The molecule has 2 aliphatic heterocycles. The van der Waals surface area contributed by atoms with Gasteiger partial charge in [0.2, 0.25) is 0 Å². The summed E-state index contributed by atoms with van der Waals surface area (Å²) in [4.78, 5) is 15.2. The van der Waals surface area contributed by atoms with Crippen molar-refractivity contribution in [3.63, 3.8) is 0 Å². The van der Waals surface area contributed by atoms with Gasteiger partial charge in [-0.1, -0.05) is 212 Å². The third-order valence-corrected chi connectivity index (χ3v) is 13.5. The highest BCUT2D eigenvalue weighted by Crippen LogP contribution is 2.41. The number of benzene rings is 7. The van der Waals surface area contributed by atoms with E-state index < -0.39 is 66.9 Å². The first-order valence-corrected chi connectivity index (χ1v) is 26.1. The first-order valence-electron chi connectivity index (χ1n) is 26.1. The van der Waals surface area contributed by atoms with E-state index in [0.29, 0.717) is 0 Å². The van der Waals surface area contributed by atoms with Crippen LogP contribution in [0.5, 0.6) is 0 Å². The average molecular weight is 1050 g/mol. The predicted molar refractivity (Wildman–Crippen MR) is 287 cm³/mol. The van der Waals surface area contributed by atoms with Gasteiger partial charge in [0.15, 0.2) is 12.4 Å². The third-order valence-electron chi connectivity index (χ3n) is 13.5. The maximum absolute atomic E-state index is 15.2. The Morgan fingerprint density at radius 3 is 1.12 bits per heavy atom. The highest BCUT2D eigenvalue weighted by Gasteiger charge is 2.64. The molecule has 0 N–H and O–H groups in total. The molecule has 9 rings (SSSR count). The molecule has 2 fully saturated rings. The van der Waals surface area contributed by atoms with Gasteiger partial charge >= 0.3 is 5.97 Å². The summed E-state index contributed by atoms with van der Waals surface area (Å²) in [5, 5.41) is 0. The molecule has 0 spiro atoms. The molecule has 0 amide bonds. The molecule has 13 heteroatoms. The number of carbonyl (C=O) groups excluding carboxylic acids is 1. The highest BCUT2D eigenvalue weighted by molar-refractivity contribution is 5.79. The van der Waals surface area contributed by atoms with Crippen molar-refractivity contribution >= 4 is 5.97 Å². The zero-order valence-corrected chi connectivity index (χ0v) is 43.6. The number of hydrogen-bond acceptors (Lipinski definition) is 13. The standard InChI is InChI=1S/C64H68O13/c1-66-62-60(73-43-52-34-20-8-21-35-52)58(71-41-50-30-16-6-17-31-50)56(69-39-48-26-12-4-13-27-48)54(76-62)46-75-64(63(65)67-2)61(74-44-53-36-22-9-23-37-53)59(72-42-51-32-18-7-19-33-51)57(70-40-49-28-14-5-15-29-49)55(77-64)45-68-38-47-24-10-3-11-25-47/h3-37,54-62H,38-46H2,1-2H3/t54-,55-,56-,57-,58+,59+,60-,61-,62+,64-/m1/s1. The fourth-order valence-corrected chi connectivity index (χ4v) is 9.59. The summed E-state index contributed by atoms with van der Waals surface area (Å²) in [5.41, 5.74) is 6.38. The molecule has 0 radical (unpaired) electrons. The van der Waals surface area contributed by atoms with Crippen LogP contribution in [0, 0.1) is 0 Å². The predicted octanol–water partition coefficient (Wildman–Crippen LogP) is 10.4. The Hall–Kier alpha value is -6.43. The van der Waals surface area contributed by atoms with E-state index in [-0.39, 0.29) is 59.5 Å². The van der Waals surface area contributed by atoms with Crippen LogP contribution in [0.15, 0.2) is 212 Å². The monoisotopic (exact) mass is 1040 g/mol. The summed E-state index contributed by atoms with van der Waals surface area (Å²) in [6.07, 6.45) is -8.72. The van der Waals surface area contributed by atoms with Gasteiger partial charge in [0.25, 0.3) is 5.79 Å². The van der Waals surface area contributed by atoms with Crippen LogP contribution in [0.25, 0.3) is 0 Å². The average Bonchev–Trinajstić information content (AvgIpc) is 3.55. The number of ether oxygens (including phenoxy) is 12. The van der Waals surface area contributed by atoms with E-state index in [1.54, 1.807) is 7.11 Å². The zero-order valence-electron chi connectivity index (χ0n) is 43.6. The van der Waals surface area contributed by atoms with Crippen molar-refractivity contribution in [3.05, 3.63) is 251 Å². The van der Waals surface area contributed by atoms with E-state index in [9.17, 15) is 0 Å². The van der Waals surface area contributed by atoms with Crippen molar-refractivity contribution in [1.82, 2.24) is 0 Å². The number of esters is 1. The Kier molecular flexibility index (Phi) is 20.7. The van der Waals surface area contributed by atoms with Crippen molar-refractivity contribution in [2.24, 2.45) is 0 Å². The second-order valence-corrected chi connectivity index (χ2v) is 18.9. The van der Waals surface area contributed by atoms with Gasteiger partial charge in [-0.25, -0.2) is 4.79 Å². The lowest BCUT2D eigenvalue weighted by molar-refractivity contribution is -0.383. The molecule has 77 heavy (non-hydrogen) atoms. The van der Waals surface area contributed by atoms with Gasteiger partial charge in [0, 0.05) is 7.11 Å². The van der Waals surface area contributed by atoms with E-state index in [0.717, 1.165) is 38.9 Å². The lowest BCUT2D eigenvalue weighted by Crippen LogP contribution is -2.71. The van der Waals surface area contributed by atoms with Gasteiger partial charge in [-0.15, -0.1) is 0 Å². The second-order valence-electron chi connectivity index (χ2n) is 18.9. The second kappa shape index (κ2) is 28.8. The first-order chi connectivity index (χ1) is 38.0. The van der Waals surface area contributed by atoms with E-state index in [2.05, 4.69) is 0 Å². The fraction of sp³-hybridized carbons (Fsp3) is 0.328. The molecule has 402 valence electrons. The molecular formula is C64H68O13. The molecule has 7 aromatic carbocycles. The molecule has 0 aliphatic carbocycles. The van der Waals surface area contributed by atoms with Gasteiger partial charge in [-0.2, -0.15) is 0 Å². The van der Waals surface area contributed by atoms with E-state index in [1.807, 2.05) is 212 Å². The molecule has 2 aliphatic rings. The van der Waals surface area contributed by atoms with Crippen LogP contribution >= 0.6 is 0 Å². The van der Waals surface area contributed by atoms with Crippen LogP contribution in [0.2, 0.25) is 0 Å². The van der Waals surface area contributed by atoms with Gasteiger partial charge in [-0.3, -0.25) is 0 Å². The molecule has 0 saturated carbocycles. The van der Waals surface area contributed by atoms with Crippen LogP contribution in [0.4, 0.5) is 0 Å². The molecular weight excluding hydrogens is 977 g/mol. The Morgan fingerprint density at radius 1 is 0.390 bits per heavy atom. The smallest absolute Gasteiger partial charge is 0.369 e. The van der Waals surface area contributed by atoms with Gasteiger partial charge < -0.3 is 56.8 Å². The van der Waals surface area contributed by atoms with Crippen molar-refractivity contribution < 1.29 is 61.6 Å². The number of rotatable bonds is 27. The van der Waals surface area contributed by atoms with Crippen LogP contribution in [0.3, 0.4) is 0 Å². The number of hydrogen-bond donors (Lipinski definition) is 0. The Balaban J connectivity index is 1.12. The molecule has 7 aromatic rings. The molecule has 2 saturated heterocycles. The van der Waals surface area contributed by atoms with Crippen LogP contribution in [0.1, 0.15) is 38.9 Å². The van der Waals surface area contributed by atoms with Crippen LogP contribution < -0.4 is 0 Å². The summed E-state index contributed by atoms with van der Waals surface area (Å²) < 4.78 is 81.1. The Morgan fingerprint density at radius 2 is 0.727 bits per heavy atom. The minimum absolute atomic E-state index is 0.0348. The normalized spacial score (nSPS) is 24.3. The third kappa shape index (κ3) is 15.2. The van der Waals surface area contributed by atoms with Crippen LogP contribution in [-0.2, 0) is 108 Å². The summed E-state index contributed by atoms with van der Waals surface area (Å²) >= 11 is 0. The molecule has 10 atom stereocenters. The van der Waals surface area contributed by atoms with Gasteiger partial charge in [-0.05, 0) is 38.9 Å². The van der Waals surface area contributed by atoms with Crippen molar-refractivity contribution in [3.8, 4) is 0 Å².